The molecular weight excluding hydrogens is 538 g/mol. The molecule has 13 heteroatoms. The second-order valence-corrected chi connectivity index (χ2v) is 10.4. The SMILES string of the molecule is COc1ccc(NC(=O)C[C@@H]2SC(=N[C@H](c3ccc(C(C)C)cc3)c3c(O)[nH]c(=O)[nH]c3=O)NC2=O)cc1OC. The number of thioether (sulfide) groups is 1. The summed E-state index contributed by atoms with van der Waals surface area (Å²) in [5, 5.41) is 15.2. The zero-order valence-corrected chi connectivity index (χ0v) is 23.0. The summed E-state index contributed by atoms with van der Waals surface area (Å²) in [5.41, 5.74) is 0.209. The standard InChI is InChI=1S/C27H29N5O7S/c1-13(2)14-5-7-15(8-6-14)22(21-24(35)30-26(37)31-25(21)36)29-27-32-23(34)19(40-27)12-20(33)28-16-9-10-17(38-3)18(11-16)39-4/h5-11,13,19,22H,12H2,1-4H3,(H,28,33)(H,29,32,34)(H3,30,31,35,36,37)/t19-,22+/m0/s1. The molecule has 1 aliphatic heterocycles. The maximum Gasteiger partial charge on any atom is 0.328 e. The number of hydrogen-bond acceptors (Lipinski definition) is 9. The Hall–Kier alpha value is -4.52. The fourth-order valence-corrected chi connectivity index (χ4v) is 5.12. The maximum absolute atomic E-state index is 12.7. The van der Waals surface area contributed by atoms with Crippen LogP contribution in [0.1, 0.15) is 48.9 Å². The van der Waals surface area contributed by atoms with Gasteiger partial charge in [0.25, 0.3) is 5.56 Å². The third-order valence-electron chi connectivity index (χ3n) is 6.21. The molecule has 210 valence electrons. The van der Waals surface area contributed by atoms with Gasteiger partial charge in [-0.05, 0) is 29.2 Å². The molecule has 0 radical (unpaired) electrons. The second-order valence-electron chi connectivity index (χ2n) is 9.25. The van der Waals surface area contributed by atoms with Crippen LogP contribution >= 0.6 is 11.8 Å². The number of nitrogens with one attached hydrogen (secondary N) is 4. The molecule has 5 N–H and O–H groups in total. The third-order valence-corrected chi connectivity index (χ3v) is 7.31. The van der Waals surface area contributed by atoms with E-state index in [9.17, 15) is 24.3 Å². The average Bonchev–Trinajstić information content (AvgIpc) is 3.25. The summed E-state index contributed by atoms with van der Waals surface area (Å²) in [5.74, 6) is -0.254. The third kappa shape index (κ3) is 6.37. The van der Waals surface area contributed by atoms with Crippen LogP contribution in [0, 0.1) is 0 Å². The number of rotatable bonds is 9. The van der Waals surface area contributed by atoms with Crippen molar-refractivity contribution in [1.29, 1.82) is 0 Å². The number of carbonyl (C=O) groups is 2. The van der Waals surface area contributed by atoms with Crippen molar-refractivity contribution in [2.24, 2.45) is 4.99 Å². The van der Waals surface area contributed by atoms with Crippen molar-refractivity contribution >= 4 is 34.4 Å². The van der Waals surface area contributed by atoms with Crippen molar-refractivity contribution in [3.8, 4) is 17.4 Å². The van der Waals surface area contributed by atoms with Crippen molar-refractivity contribution in [2.45, 2.75) is 37.5 Å². The first-order valence-corrected chi connectivity index (χ1v) is 13.2. The van der Waals surface area contributed by atoms with Crippen LogP contribution in [0.2, 0.25) is 0 Å². The Morgan fingerprint density at radius 3 is 2.33 bits per heavy atom. The Labute approximate surface area is 233 Å². The summed E-state index contributed by atoms with van der Waals surface area (Å²) in [7, 11) is 2.99. The summed E-state index contributed by atoms with van der Waals surface area (Å²) in [4.78, 5) is 58.6. The van der Waals surface area contributed by atoms with Gasteiger partial charge in [-0.15, -0.1) is 0 Å². The lowest BCUT2D eigenvalue weighted by Crippen LogP contribution is -2.29. The van der Waals surface area contributed by atoms with Crippen molar-refractivity contribution < 1.29 is 24.2 Å². The average molecular weight is 568 g/mol. The molecule has 12 nitrogen and oxygen atoms in total. The van der Waals surface area contributed by atoms with E-state index in [0.717, 1.165) is 17.3 Å². The number of amides is 2. The smallest absolute Gasteiger partial charge is 0.328 e. The van der Waals surface area contributed by atoms with Gasteiger partial charge in [0.2, 0.25) is 17.7 Å². The first-order chi connectivity index (χ1) is 19.1. The monoisotopic (exact) mass is 567 g/mol. The highest BCUT2D eigenvalue weighted by molar-refractivity contribution is 8.15. The number of carbonyl (C=O) groups excluding carboxylic acids is 2. The number of amidine groups is 1. The Bertz CT molecular complexity index is 1560. The summed E-state index contributed by atoms with van der Waals surface area (Å²) in [6.07, 6.45) is -0.151. The first-order valence-electron chi connectivity index (χ1n) is 12.3. The van der Waals surface area contributed by atoms with Crippen molar-refractivity contribution in [2.75, 3.05) is 19.5 Å². The van der Waals surface area contributed by atoms with E-state index in [1.165, 1.54) is 14.2 Å². The number of aromatic hydroxyl groups is 1. The molecule has 0 unspecified atom stereocenters. The van der Waals surface area contributed by atoms with Gasteiger partial charge >= 0.3 is 5.69 Å². The molecule has 2 aromatic carbocycles. The largest absolute Gasteiger partial charge is 0.494 e. The number of aromatic nitrogens is 2. The predicted octanol–water partition coefficient (Wildman–Crippen LogP) is 2.62. The molecule has 1 aromatic heterocycles. The van der Waals surface area contributed by atoms with Gasteiger partial charge in [-0.3, -0.25) is 24.4 Å². The molecule has 3 aromatic rings. The number of nitrogens with zero attached hydrogens (tertiary/aromatic N) is 1. The second kappa shape index (κ2) is 12.1. The molecule has 0 bridgehead atoms. The summed E-state index contributed by atoms with van der Waals surface area (Å²) < 4.78 is 10.5. The van der Waals surface area contributed by atoms with Crippen molar-refractivity contribution in [3.05, 3.63) is 80.0 Å². The van der Waals surface area contributed by atoms with Gasteiger partial charge in [-0.25, -0.2) is 9.79 Å². The minimum atomic E-state index is -1.05. The van der Waals surface area contributed by atoms with Crippen LogP contribution in [-0.2, 0) is 9.59 Å². The molecule has 1 aliphatic rings. The highest BCUT2D eigenvalue weighted by Crippen LogP contribution is 2.33. The normalized spacial score (nSPS) is 16.6. The van der Waals surface area contributed by atoms with E-state index < -0.39 is 40.2 Å². The van der Waals surface area contributed by atoms with Crippen molar-refractivity contribution in [3.63, 3.8) is 0 Å². The number of methoxy groups -OCH3 is 2. The Balaban J connectivity index is 1.57. The zero-order valence-electron chi connectivity index (χ0n) is 22.2. The number of benzene rings is 2. The fraction of sp³-hybridized carbons (Fsp3) is 0.296. The molecule has 2 atom stereocenters. The minimum absolute atomic E-state index is 0.151. The summed E-state index contributed by atoms with van der Waals surface area (Å²) in [6.45, 7) is 4.08. The Kier molecular flexibility index (Phi) is 8.63. The Morgan fingerprint density at radius 2 is 1.70 bits per heavy atom. The molecule has 2 heterocycles. The van der Waals surface area contributed by atoms with Gasteiger partial charge in [0.1, 0.15) is 16.9 Å². The van der Waals surface area contributed by atoms with Crippen LogP contribution in [0.15, 0.2) is 57.0 Å². The van der Waals surface area contributed by atoms with Crippen LogP contribution < -0.4 is 31.4 Å². The zero-order chi connectivity index (χ0) is 29.0. The van der Waals surface area contributed by atoms with Gasteiger partial charge in [-0.1, -0.05) is 49.9 Å². The van der Waals surface area contributed by atoms with E-state index in [-0.39, 0.29) is 23.1 Å². The number of anilines is 1. The number of aliphatic imine (C=N–C) groups is 1. The number of ether oxygens (including phenoxy) is 2. The van der Waals surface area contributed by atoms with Crippen molar-refractivity contribution in [1.82, 2.24) is 15.3 Å². The van der Waals surface area contributed by atoms with E-state index in [1.807, 2.05) is 26.0 Å². The van der Waals surface area contributed by atoms with Gasteiger partial charge in [-0.2, -0.15) is 0 Å². The molecule has 0 saturated carbocycles. The Morgan fingerprint density at radius 1 is 1.02 bits per heavy atom. The van der Waals surface area contributed by atoms with Crippen LogP contribution in [0.3, 0.4) is 0 Å². The lowest BCUT2D eigenvalue weighted by molar-refractivity contribution is -0.122. The number of H-pyrrole nitrogens is 2. The highest BCUT2D eigenvalue weighted by Gasteiger charge is 2.34. The van der Waals surface area contributed by atoms with E-state index >= 15 is 0 Å². The van der Waals surface area contributed by atoms with Gasteiger partial charge in [0.05, 0.1) is 14.2 Å². The molecule has 2 amide bonds. The number of aromatic amines is 2. The van der Waals surface area contributed by atoms with Gasteiger partial charge in [0.15, 0.2) is 16.7 Å². The molecule has 40 heavy (non-hydrogen) atoms. The molecular formula is C27H29N5O7S. The lowest BCUT2D eigenvalue weighted by Gasteiger charge is -2.15. The van der Waals surface area contributed by atoms with Gasteiger partial charge in [0, 0.05) is 18.2 Å². The molecule has 0 spiro atoms. The maximum atomic E-state index is 12.7. The number of hydrogen-bond donors (Lipinski definition) is 5. The highest BCUT2D eigenvalue weighted by atomic mass is 32.2. The molecule has 4 rings (SSSR count). The van der Waals surface area contributed by atoms with Crippen LogP contribution in [0.5, 0.6) is 17.4 Å². The topological polar surface area (TPSA) is 175 Å². The van der Waals surface area contributed by atoms with Gasteiger partial charge < -0.3 is 25.2 Å². The summed E-state index contributed by atoms with van der Waals surface area (Å²) >= 11 is 1.03. The van der Waals surface area contributed by atoms with Crippen LogP contribution in [0.4, 0.5) is 5.69 Å². The fourth-order valence-electron chi connectivity index (χ4n) is 4.12. The van der Waals surface area contributed by atoms with Crippen LogP contribution in [-0.4, -0.2) is 51.5 Å². The quantitative estimate of drug-likeness (QED) is 0.262. The van der Waals surface area contributed by atoms with Crippen LogP contribution in [0.25, 0.3) is 0 Å². The lowest BCUT2D eigenvalue weighted by atomic mass is 9.96. The molecule has 1 saturated heterocycles. The van der Waals surface area contributed by atoms with E-state index in [0.29, 0.717) is 22.7 Å². The summed E-state index contributed by atoms with van der Waals surface area (Å²) in [6, 6.07) is 11.2. The first kappa shape index (κ1) is 28.5. The van der Waals surface area contributed by atoms with E-state index in [2.05, 4.69) is 25.6 Å². The molecule has 1 fully saturated rings. The van der Waals surface area contributed by atoms with E-state index in [1.54, 1.807) is 30.3 Å². The molecule has 0 aliphatic carbocycles. The minimum Gasteiger partial charge on any atom is -0.494 e. The van der Waals surface area contributed by atoms with E-state index in [4.69, 9.17) is 9.47 Å². The predicted molar refractivity (Wildman–Crippen MR) is 151 cm³/mol.